The molecule has 0 aromatic heterocycles. The zero-order chi connectivity index (χ0) is 27.2. The summed E-state index contributed by atoms with van der Waals surface area (Å²) in [6, 6.07) is 13.2. The molecule has 0 radical (unpaired) electrons. The Kier molecular flexibility index (Phi) is 7.37. The molecule has 0 saturated carbocycles. The summed E-state index contributed by atoms with van der Waals surface area (Å²) in [7, 11) is -1.76. The second kappa shape index (κ2) is 10.4. The molecule has 5 atom stereocenters. The Morgan fingerprint density at radius 3 is 2.58 bits per heavy atom. The van der Waals surface area contributed by atoms with E-state index in [0.717, 1.165) is 22.4 Å². The number of β-lactam (4-membered cyclic amide) rings is 1. The molecule has 5 rings (SSSR count). The number of rotatable bonds is 7. The van der Waals surface area contributed by atoms with Gasteiger partial charge in [0.2, 0.25) is 20.2 Å². The van der Waals surface area contributed by atoms with Crippen LogP contribution in [0.2, 0.25) is 18.6 Å². The van der Waals surface area contributed by atoms with Gasteiger partial charge in [-0.05, 0) is 48.8 Å². The first kappa shape index (κ1) is 26.8. The number of halogens is 1. The molecule has 1 saturated heterocycles. The van der Waals surface area contributed by atoms with E-state index in [0.29, 0.717) is 31.7 Å². The Hall–Kier alpha value is -2.75. The van der Waals surface area contributed by atoms with Crippen molar-refractivity contribution in [3.63, 3.8) is 0 Å². The van der Waals surface area contributed by atoms with Crippen molar-refractivity contribution in [1.82, 2.24) is 4.90 Å². The van der Waals surface area contributed by atoms with E-state index < -0.39 is 20.1 Å². The van der Waals surface area contributed by atoms with Crippen LogP contribution >= 0.6 is 0 Å². The summed E-state index contributed by atoms with van der Waals surface area (Å²) in [4.78, 5) is 29.1. The number of carbonyl (C=O) groups excluding carboxylic acids is 2. The van der Waals surface area contributed by atoms with Gasteiger partial charge in [-0.2, -0.15) is 0 Å². The van der Waals surface area contributed by atoms with Crippen molar-refractivity contribution < 1.29 is 28.3 Å². The molecule has 1 unspecified atom stereocenters. The quantitative estimate of drug-likeness (QED) is 0.320. The number of benzene rings is 2. The van der Waals surface area contributed by atoms with E-state index in [1.807, 2.05) is 49.4 Å². The molecule has 3 aliphatic rings. The number of nitrogens with zero attached hydrogens (tertiary/aromatic N) is 2. The lowest BCUT2D eigenvalue weighted by molar-refractivity contribution is -0.136. The fourth-order valence-corrected chi connectivity index (χ4v) is 8.03. The summed E-state index contributed by atoms with van der Waals surface area (Å²) in [5, 5.41) is 10.1. The van der Waals surface area contributed by atoms with Crippen molar-refractivity contribution in [2.24, 2.45) is 5.92 Å². The first-order chi connectivity index (χ1) is 18.1. The highest BCUT2D eigenvalue weighted by molar-refractivity contribution is 6.72. The fraction of sp³-hybridized carbons (Fsp3) is 0.517. The number of methoxy groups -OCH3 is 1. The highest BCUT2D eigenvalue weighted by atomic mass is 28.4. The second-order valence-electron chi connectivity index (χ2n) is 11.3. The molecule has 0 bridgehead atoms. The molecular formula is C29H37FN2O5Si. The topological polar surface area (TPSA) is 79.3 Å². The maximum atomic E-state index is 16.0. The van der Waals surface area contributed by atoms with Gasteiger partial charge < -0.3 is 28.5 Å². The van der Waals surface area contributed by atoms with E-state index in [2.05, 4.69) is 0 Å². The Bertz CT molecular complexity index is 1220. The number of amides is 2. The van der Waals surface area contributed by atoms with Gasteiger partial charge in [-0.3, -0.25) is 9.59 Å². The van der Waals surface area contributed by atoms with Crippen molar-refractivity contribution in [2.45, 2.75) is 69.6 Å². The van der Waals surface area contributed by atoms with Crippen LogP contribution in [-0.4, -0.2) is 62.6 Å². The predicted molar refractivity (Wildman–Crippen MR) is 145 cm³/mol. The van der Waals surface area contributed by atoms with E-state index in [-0.39, 0.29) is 42.9 Å². The minimum absolute atomic E-state index is 0.00945. The van der Waals surface area contributed by atoms with E-state index in [1.165, 1.54) is 0 Å². The SMILES string of the molecule is CO[C@@H]1c2cc(N3CCC3=O)ccc2O[C@H](C(CC(=O)N2Cc3ccccc3C[C@H]2CO)[Si](C)(C)F)[C@H]1C. The highest BCUT2D eigenvalue weighted by Crippen LogP contribution is 2.48. The molecule has 3 heterocycles. The number of aliphatic hydroxyl groups excluding tert-OH is 1. The van der Waals surface area contributed by atoms with Gasteiger partial charge in [0.1, 0.15) is 11.9 Å². The normalized spacial score (nSPS) is 25.7. The van der Waals surface area contributed by atoms with Crippen LogP contribution in [0.5, 0.6) is 5.75 Å². The Balaban J connectivity index is 1.41. The van der Waals surface area contributed by atoms with Crippen molar-refractivity contribution in [3.8, 4) is 5.75 Å². The summed E-state index contributed by atoms with van der Waals surface area (Å²) in [5.74, 6) is 0.314. The third kappa shape index (κ3) is 4.87. The van der Waals surface area contributed by atoms with Crippen LogP contribution in [0.3, 0.4) is 0 Å². The largest absolute Gasteiger partial charge is 0.490 e. The number of ether oxygens (including phenoxy) is 2. The van der Waals surface area contributed by atoms with Gasteiger partial charge >= 0.3 is 0 Å². The number of anilines is 1. The van der Waals surface area contributed by atoms with Crippen LogP contribution in [0.4, 0.5) is 9.80 Å². The van der Waals surface area contributed by atoms with Gasteiger partial charge in [-0.15, -0.1) is 0 Å². The molecule has 38 heavy (non-hydrogen) atoms. The molecule has 3 aliphatic heterocycles. The van der Waals surface area contributed by atoms with E-state index in [9.17, 15) is 14.7 Å². The number of fused-ring (bicyclic) bond motifs is 2. The third-order valence-corrected chi connectivity index (χ3v) is 10.8. The first-order valence-corrected chi connectivity index (χ1v) is 16.4. The van der Waals surface area contributed by atoms with Crippen LogP contribution < -0.4 is 9.64 Å². The zero-order valence-electron chi connectivity index (χ0n) is 22.5. The third-order valence-electron chi connectivity index (χ3n) is 8.53. The van der Waals surface area contributed by atoms with E-state index >= 15 is 4.11 Å². The smallest absolute Gasteiger partial charge is 0.248 e. The molecule has 7 nitrogen and oxygen atoms in total. The maximum absolute atomic E-state index is 16.0. The number of carbonyl (C=O) groups is 2. The lowest BCUT2D eigenvalue weighted by atomic mass is 9.85. The summed E-state index contributed by atoms with van der Waals surface area (Å²) >= 11 is 0. The van der Waals surface area contributed by atoms with E-state index in [4.69, 9.17) is 9.47 Å². The van der Waals surface area contributed by atoms with Crippen LogP contribution in [-0.2, 0) is 27.3 Å². The van der Waals surface area contributed by atoms with Crippen LogP contribution in [0.25, 0.3) is 0 Å². The minimum atomic E-state index is -3.39. The summed E-state index contributed by atoms with van der Waals surface area (Å²) in [6.07, 6.45) is 0.225. The number of aliphatic hydroxyl groups is 1. The average molecular weight is 541 g/mol. The van der Waals surface area contributed by atoms with Gasteiger partial charge in [0.05, 0.1) is 18.8 Å². The fourth-order valence-electron chi connectivity index (χ4n) is 6.22. The predicted octanol–water partition coefficient (Wildman–Crippen LogP) is 4.39. The number of hydrogen-bond acceptors (Lipinski definition) is 5. The van der Waals surface area contributed by atoms with Crippen molar-refractivity contribution in [2.75, 3.05) is 25.2 Å². The minimum Gasteiger partial charge on any atom is -0.490 e. The van der Waals surface area contributed by atoms with Crippen molar-refractivity contribution in [3.05, 3.63) is 59.2 Å². The summed E-state index contributed by atoms with van der Waals surface area (Å²) in [6.45, 7) is 6.20. The Labute approximate surface area is 224 Å². The van der Waals surface area contributed by atoms with Gasteiger partial charge in [0.15, 0.2) is 0 Å². The first-order valence-electron chi connectivity index (χ1n) is 13.4. The monoisotopic (exact) mass is 540 g/mol. The second-order valence-corrected chi connectivity index (χ2v) is 15.2. The molecular weight excluding hydrogens is 503 g/mol. The molecule has 2 aromatic rings. The maximum Gasteiger partial charge on any atom is 0.248 e. The molecule has 0 spiro atoms. The summed E-state index contributed by atoms with van der Waals surface area (Å²) < 4.78 is 28.4. The number of hydrogen-bond donors (Lipinski definition) is 1. The molecule has 2 aromatic carbocycles. The lowest BCUT2D eigenvalue weighted by Gasteiger charge is -2.44. The van der Waals surface area contributed by atoms with Crippen LogP contribution in [0.1, 0.15) is 42.6 Å². The van der Waals surface area contributed by atoms with Crippen LogP contribution in [0, 0.1) is 5.92 Å². The van der Waals surface area contributed by atoms with Crippen LogP contribution in [0.15, 0.2) is 42.5 Å². The van der Waals surface area contributed by atoms with Gasteiger partial charge in [0.25, 0.3) is 0 Å². The molecule has 204 valence electrons. The van der Waals surface area contributed by atoms with Crippen molar-refractivity contribution >= 4 is 25.9 Å². The van der Waals surface area contributed by atoms with Gasteiger partial charge in [-0.1, -0.05) is 31.2 Å². The Morgan fingerprint density at radius 1 is 1.24 bits per heavy atom. The molecule has 9 heteroatoms. The average Bonchev–Trinajstić information content (AvgIpc) is 2.89. The zero-order valence-corrected chi connectivity index (χ0v) is 23.5. The molecule has 2 amide bonds. The van der Waals surface area contributed by atoms with Crippen molar-refractivity contribution in [1.29, 1.82) is 0 Å². The molecule has 0 aliphatic carbocycles. The standard InChI is InChI=1S/C29H37FN2O5Si/c1-18-28(36-2)23-14-21(31-12-11-26(31)34)9-10-24(23)37-29(18)25(38(3,4)30)15-27(35)32-16-20-8-6-5-7-19(20)13-22(32)17-33/h5-10,14,18,22,25,28-29,33H,11-13,15-17H2,1-4H3/t18-,22-,25?,28-,29-/m0/s1. The van der Waals surface area contributed by atoms with Gasteiger partial charge in [0, 0.05) is 55.8 Å². The molecule has 1 N–H and O–H groups in total. The Morgan fingerprint density at radius 2 is 1.97 bits per heavy atom. The highest BCUT2D eigenvalue weighted by Gasteiger charge is 2.49. The lowest BCUT2D eigenvalue weighted by Crippen LogP contribution is -2.50. The molecule has 1 fully saturated rings. The van der Waals surface area contributed by atoms with Gasteiger partial charge in [-0.25, -0.2) is 0 Å². The summed E-state index contributed by atoms with van der Waals surface area (Å²) in [5.41, 5.74) is 3.24. The van der Waals surface area contributed by atoms with E-state index in [1.54, 1.807) is 30.0 Å².